The highest BCUT2D eigenvalue weighted by Gasteiger charge is 2.24. The van der Waals surface area contributed by atoms with Crippen LogP contribution in [0.25, 0.3) is 10.9 Å². The number of nitrogens with one attached hydrogen (secondary N) is 1. The van der Waals surface area contributed by atoms with Crippen LogP contribution in [-0.2, 0) is 0 Å². The zero-order valence-electron chi connectivity index (χ0n) is 8.07. The van der Waals surface area contributed by atoms with E-state index < -0.39 is 23.2 Å². The highest BCUT2D eigenvalue weighted by atomic mass is 79.9. The fourth-order valence-electron chi connectivity index (χ4n) is 1.59. The van der Waals surface area contributed by atoms with Gasteiger partial charge in [-0.25, -0.2) is 13.6 Å². The number of aryl methyl sites for hydroxylation is 1. The van der Waals surface area contributed by atoms with E-state index in [1.165, 1.54) is 0 Å². The summed E-state index contributed by atoms with van der Waals surface area (Å²) in [6.45, 7) is 1.67. The molecule has 0 saturated carbocycles. The lowest BCUT2D eigenvalue weighted by molar-refractivity contribution is 0.0693. The van der Waals surface area contributed by atoms with Crippen molar-refractivity contribution in [3.05, 3.63) is 33.4 Å². The van der Waals surface area contributed by atoms with Crippen molar-refractivity contribution in [1.82, 2.24) is 4.98 Å². The molecule has 0 spiro atoms. The Bertz CT molecular complexity index is 607. The first kappa shape index (κ1) is 11.1. The van der Waals surface area contributed by atoms with Gasteiger partial charge in [0.2, 0.25) is 0 Å². The van der Waals surface area contributed by atoms with E-state index in [1.807, 2.05) is 0 Å². The molecule has 1 aromatic carbocycles. The number of carboxylic acid groups (broad SMARTS) is 1. The molecular formula is C10H6BrF2NO2. The van der Waals surface area contributed by atoms with Gasteiger partial charge in [-0.3, -0.25) is 0 Å². The quantitative estimate of drug-likeness (QED) is 0.792. The molecule has 0 aliphatic rings. The lowest BCUT2D eigenvalue weighted by Crippen LogP contribution is -2.05. The lowest BCUT2D eigenvalue weighted by Gasteiger charge is -2.04. The largest absolute Gasteiger partial charge is 0.478 e. The van der Waals surface area contributed by atoms with Crippen molar-refractivity contribution in [3.63, 3.8) is 0 Å². The zero-order valence-corrected chi connectivity index (χ0v) is 9.65. The maximum Gasteiger partial charge on any atom is 0.340 e. The summed E-state index contributed by atoms with van der Waals surface area (Å²) in [5.74, 6) is -4.06. The van der Waals surface area contributed by atoms with Gasteiger partial charge in [0.1, 0.15) is 5.56 Å². The molecule has 2 aromatic rings. The minimum absolute atomic E-state index is 0.0747. The van der Waals surface area contributed by atoms with Crippen molar-refractivity contribution < 1.29 is 18.7 Å². The fourth-order valence-corrected chi connectivity index (χ4v) is 2.08. The molecule has 0 aliphatic carbocycles. The molecule has 3 nitrogen and oxygen atoms in total. The van der Waals surface area contributed by atoms with Gasteiger partial charge in [-0.2, -0.15) is 0 Å². The molecule has 16 heavy (non-hydrogen) atoms. The summed E-state index contributed by atoms with van der Waals surface area (Å²) in [5.41, 5.74) is 0.0303. The molecule has 2 N–H and O–H groups in total. The average molecular weight is 290 g/mol. The van der Waals surface area contributed by atoms with Gasteiger partial charge in [-0.15, -0.1) is 0 Å². The first-order valence-corrected chi connectivity index (χ1v) is 5.12. The van der Waals surface area contributed by atoms with Crippen LogP contribution in [0.2, 0.25) is 0 Å². The Kier molecular flexibility index (Phi) is 2.46. The second-order valence-corrected chi connectivity index (χ2v) is 4.16. The van der Waals surface area contributed by atoms with E-state index in [2.05, 4.69) is 20.9 Å². The predicted molar refractivity (Wildman–Crippen MR) is 57.6 cm³/mol. The van der Waals surface area contributed by atoms with Crippen molar-refractivity contribution in [2.24, 2.45) is 0 Å². The van der Waals surface area contributed by atoms with Crippen LogP contribution < -0.4 is 0 Å². The summed E-state index contributed by atoms with van der Waals surface area (Å²) in [4.78, 5) is 13.6. The van der Waals surface area contributed by atoms with Gasteiger partial charge in [-0.1, -0.05) is 0 Å². The van der Waals surface area contributed by atoms with E-state index in [1.54, 1.807) is 13.0 Å². The monoisotopic (exact) mass is 289 g/mol. The normalized spacial score (nSPS) is 11.0. The SMILES string of the molecule is Cc1cc2c(Br)c(F)c(F)c(C(=O)O)c2[nH]1. The van der Waals surface area contributed by atoms with Crippen molar-refractivity contribution in [2.75, 3.05) is 0 Å². The van der Waals surface area contributed by atoms with Crippen LogP contribution in [0.4, 0.5) is 8.78 Å². The van der Waals surface area contributed by atoms with Crippen LogP contribution in [0.5, 0.6) is 0 Å². The first-order chi connectivity index (χ1) is 7.43. The van der Waals surface area contributed by atoms with Crippen LogP contribution in [0, 0.1) is 18.6 Å². The van der Waals surface area contributed by atoms with E-state index in [-0.39, 0.29) is 9.99 Å². The Morgan fingerprint density at radius 2 is 2.06 bits per heavy atom. The molecule has 84 valence electrons. The highest BCUT2D eigenvalue weighted by molar-refractivity contribution is 9.10. The minimum atomic E-state index is -1.50. The molecule has 0 radical (unpaired) electrons. The standard InChI is InChI=1S/C10H6BrF2NO2/c1-3-2-4-6(11)8(13)7(12)5(10(15)16)9(4)14-3/h2,14H,1H3,(H,15,16). The Hall–Kier alpha value is -1.43. The fraction of sp³-hybridized carbons (Fsp3) is 0.100. The number of carbonyl (C=O) groups is 1. The molecule has 6 heteroatoms. The molecule has 0 bridgehead atoms. The van der Waals surface area contributed by atoms with Crippen LogP contribution in [0.15, 0.2) is 10.5 Å². The molecule has 0 unspecified atom stereocenters. The smallest absolute Gasteiger partial charge is 0.340 e. The maximum absolute atomic E-state index is 13.4. The van der Waals surface area contributed by atoms with Gasteiger partial charge in [0.15, 0.2) is 11.6 Å². The van der Waals surface area contributed by atoms with Crippen molar-refractivity contribution in [3.8, 4) is 0 Å². The third-order valence-corrected chi connectivity index (χ3v) is 3.03. The Balaban J connectivity index is 3.02. The molecule has 0 fully saturated rings. The number of aromatic amines is 1. The van der Waals surface area contributed by atoms with Crippen LogP contribution >= 0.6 is 15.9 Å². The molecule has 0 aliphatic heterocycles. The van der Waals surface area contributed by atoms with E-state index >= 15 is 0 Å². The lowest BCUT2D eigenvalue weighted by atomic mass is 10.1. The summed E-state index contributed by atoms with van der Waals surface area (Å²) in [7, 11) is 0. The number of rotatable bonds is 1. The van der Waals surface area contributed by atoms with Crippen molar-refractivity contribution in [2.45, 2.75) is 6.92 Å². The number of carboxylic acids is 1. The highest BCUT2D eigenvalue weighted by Crippen LogP contribution is 2.32. The third-order valence-electron chi connectivity index (χ3n) is 2.26. The molecule has 1 aromatic heterocycles. The van der Waals surface area contributed by atoms with Gasteiger partial charge >= 0.3 is 5.97 Å². The number of hydrogen-bond donors (Lipinski definition) is 2. The first-order valence-electron chi connectivity index (χ1n) is 4.32. The van der Waals surface area contributed by atoms with E-state index in [4.69, 9.17) is 5.11 Å². The number of halogens is 3. The summed E-state index contributed by atoms with van der Waals surface area (Å²) < 4.78 is 26.8. The molecule has 0 saturated heterocycles. The Labute approximate surface area is 97.2 Å². The Morgan fingerprint density at radius 1 is 1.44 bits per heavy atom. The van der Waals surface area contributed by atoms with Gasteiger partial charge in [-0.05, 0) is 28.9 Å². The minimum Gasteiger partial charge on any atom is -0.478 e. The summed E-state index contributed by atoms with van der Waals surface area (Å²) >= 11 is 2.90. The summed E-state index contributed by atoms with van der Waals surface area (Å²) in [6.07, 6.45) is 0. The van der Waals surface area contributed by atoms with Crippen molar-refractivity contribution >= 4 is 32.8 Å². The van der Waals surface area contributed by atoms with Crippen molar-refractivity contribution in [1.29, 1.82) is 0 Å². The molecule has 1 heterocycles. The van der Waals surface area contributed by atoms with Crippen LogP contribution in [0.3, 0.4) is 0 Å². The second kappa shape index (κ2) is 3.55. The second-order valence-electron chi connectivity index (χ2n) is 3.36. The van der Waals surface area contributed by atoms with E-state index in [0.717, 1.165) is 0 Å². The Morgan fingerprint density at radius 3 is 2.62 bits per heavy atom. The van der Waals surface area contributed by atoms with Gasteiger partial charge < -0.3 is 10.1 Å². The van der Waals surface area contributed by atoms with E-state index in [0.29, 0.717) is 11.1 Å². The zero-order chi connectivity index (χ0) is 12.0. The molecule has 0 amide bonds. The average Bonchev–Trinajstić information content (AvgIpc) is 2.56. The topological polar surface area (TPSA) is 53.1 Å². The number of aromatic nitrogens is 1. The molecular weight excluding hydrogens is 284 g/mol. The summed E-state index contributed by atoms with van der Waals surface area (Å²) in [6, 6.07) is 1.55. The number of hydrogen-bond acceptors (Lipinski definition) is 1. The number of fused-ring (bicyclic) bond motifs is 1. The predicted octanol–water partition coefficient (Wildman–Crippen LogP) is 3.22. The van der Waals surface area contributed by atoms with Gasteiger partial charge in [0, 0.05) is 11.1 Å². The van der Waals surface area contributed by atoms with Crippen LogP contribution in [-0.4, -0.2) is 16.1 Å². The molecule has 0 atom stereocenters. The third kappa shape index (κ3) is 1.41. The maximum atomic E-state index is 13.4. The summed E-state index contributed by atoms with van der Waals surface area (Å²) in [5, 5.41) is 9.16. The van der Waals surface area contributed by atoms with Gasteiger partial charge in [0.05, 0.1) is 9.99 Å². The number of aromatic carboxylic acids is 1. The van der Waals surface area contributed by atoms with E-state index in [9.17, 15) is 13.6 Å². The number of benzene rings is 1. The van der Waals surface area contributed by atoms with Gasteiger partial charge in [0.25, 0.3) is 0 Å². The molecule has 2 rings (SSSR count). The van der Waals surface area contributed by atoms with Crippen LogP contribution in [0.1, 0.15) is 16.1 Å². The number of H-pyrrole nitrogens is 1.